The molecule has 0 bridgehead atoms. The van der Waals surface area contributed by atoms with Gasteiger partial charge in [0.1, 0.15) is 0 Å². The maximum absolute atomic E-state index is 11.0. The van der Waals surface area contributed by atoms with Crippen LogP contribution in [0.15, 0.2) is 23.4 Å². The molecule has 0 amide bonds. The molecule has 21 heavy (non-hydrogen) atoms. The summed E-state index contributed by atoms with van der Waals surface area (Å²) in [6, 6.07) is 4.42. The number of nitro groups is 1. The fourth-order valence-corrected chi connectivity index (χ4v) is 2.15. The first-order valence-corrected chi connectivity index (χ1v) is 6.60. The van der Waals surface area contributed by atoms with Crippen molar-refractivity contribution in [1.82, 2.24) is 15.2 Å². The SMILES string of the molecule is COc1c(-c2nc(SCC(=O)O)n[nH]2)cccc1[N+](=O)[O-]. The summed E-state index contributed by atoms with van der Waals surface area (Å²) in [6.07, 6.45) is 0. The van der Waals surface area contributed by atoms with E-state index in [-0.39, 0.29) is 28.2 Å². The molecule has 2 aromatic rings. The van der Waals surface area contributed by atoms with E-state index in [2.05, 4.69) is 15.2 Å². The third-order valence-electron chi connectivity index (χ3n) is 2.44. The minimum atomic E-state index is -0.987. The summed E-state index contributed by atoms with van der Waals surface area (Å²) < 4.78 is 5.07. The number of rotatable bonds is 6. The minimum Gasteiger partial charge on any atom is -0.490 e. The number of carboxylic acids is 1. The number of aliphatic carboxylic acids is 1. The minimum absolute atomic E-state index is 0.0634. The van der Waals surface area contributed by atoms with Crippen LogP contribution in [0, 0.1) is 10.1 Å². The Morgan fingerprint density at radius 1 is 1.57 bits per heavy atom. The Balaban J connectivity index is 2.36. The molecule has 2 N–H and O–H groups in total. The lowest BCUT2D eigenvalue weighted by molar-refractivity contribution is -0.385. The molecule has 1 aromatic carbocycles. The molecule has 1 aromatic heterocycles. The van der Waals surface area contributed by atoms with Crippen LogP contribution in [0.4, 0.5) is 5.69 Å². The summed E-state index contributed by atoms with van der Waals surface area (Å²) in [4.78, 5) is 25.0. The van der Waals surface area contributed by atoms with E-state index in [1.165, 1.54) is 19.2 Å². The van der Waals surface area contributed by atoms with Gasteiger partial charge < -0.3 is 9.84 Å². The van der Waals surface area contributed by atoms with Gasteiger partial charge in [0.2, 0.25) is 10.9 Å². The second kappa shape index (κ2) is 6.22. The quantitative estimate of drug-likeness (QED) is 0.467. The number of benzene rings is 1. The van der Waals surface area contributed by atoms with Gasteiger partial charge in [-0.2, -0.15) is 0 Å². The number of aromatic amines is 1. The lowest BCUT2D eigenvalue weighted by Crippen LogP contribution is -1.98. The van der Waals surface area contributed by atoms with Gasteiger partial charge >= 0.3 is 11.7 Å². The number of nitrogens with one attached hydrogen (secondary N) is 1. The highest BCUT2D eigenvalue weighted by Crippen LogP contribution is 2.36. The first kappa shape index (κ1) is 14.8. The zero-order chi connectivity index (χ0) is 15.4. The summed E-state index contributed by atoms with van der Waals surface area (Å²) in [5, 5.41) is 26.3. The molecule has 0 fully saturated rings. The Bertz CT molecular complexity index is 687. The van der Waals surface area contributed by atoms with Gasteiger partial charge in [-0.05, 0) is 6.07 Å². The number of carboxylic acid groups (broad SMARTS) is 1. The third-order valence-corrected chi connectivity index (χ3v) is 3.27. The number of nitro benzene ring substituents is 1. The van der Waals surface area contributed by atoms with Crippen molar-refractivity contribution in [3.8, 4) is 17.1 Å². The standard InChI is InChI=1S/C11H10N4O5S/c1-20-9-6(3-2-4-7(9)15(18)19)10-12-11(14-13-10)21-5-8(16)17/h2-4H,5H2,1H3,(H,16,17)(H,12,13,14). The molecule has 1 heterocycles. The lowest BCUT2D eigenvalue weighted by atomic mass is 10.1. The molecule has 0 radical (unpaired) electrons. The number of carbonyl (C=O) groups is 1. The molecule has 0 unspecified atom stereocenters. The monoisotopic (exact) mass is 310 g/mol. The molecule has 0 atom stereocenters. The van der Waals surface area contributed by atoms with Crippen LogP contribution in [0.3, 0.4) is 0 Å². The number of ether oxygens (including phenoxy) is 1. The number of hydrogen-bond acceptors (Lipinski definition) is 7. The van der Waals surface area contributed by atoms with Crippen LogP contribution in [0.1, 0.15) is 0 Å². The predicted molar refractivity (Wildman–Crippen MR) is 73.4 cm³/mol. The summed E-state index contributed by atoms with van der Waals surface area (Å²) >= 11 is 0.940. The topological polar surface area (TPSA) is 131 Å². The fraction of sp³-hybridized carbons (Fsp3) is 0.182. The Kier molecular flexibility index (Phi) is 4.38. The summed E-state index contributed by atoms with van der Waals surface area (Å²) in [5.41, 5.74) is 0.188. The number of para-hydroxylation sites is 1. The van der Waals surface area contributed by atoms with Gasteiger partial charge in [-0.1, -0.05) is 17.8 Å². The summed E-state index contributed by atoms with van der Waals surface area (Å²) in [5.74, 6) is -0.834. The predicted octanol–water partition coefficient (Wildman–Crippen LogP) is 1.57. The van der Waals surface area contributed by atoms with Crippen LogP contribution >= 0.6 is 11.8 Å². The smallest absolute Gasteiger partial charge is 0.313 e. The molecule has 0 aliphatic carbocycles. The summed E-state index contributed by atoms with van der Waals surface area (Å²) in [6.45, 7) is 0. The summed E-state index contributed by atoms with van der Waals surface area (Å²) in [7, 11) is 1.32. The van der Waals surface area contributed by atoms with Crippen molar-refractivity contribution in [3.05, 3.63) is 28.3 Å². The highest BCUT2D eigenvalue weighted by atomic mass is 32.2. The maximum Gasteiger partial charge on any atom is 0.313 e. The van der Waals surface area contributed by atoms with Gasteiger partial charge in [-0.25, -0.2) is 4.98 Å². The normalized spacial score (nSPS) is 10.3. The largest absolute Gasteiger partial charge is 0.490 e. The van der Waals surface area contributed by atoms with E-state index in [9.17, 15) is 14.9 Å². The third kappa shape index (κ3) is 3.28. The Morgan fingerprint density at radius 3 is 2.95 bits per heavy atom. The number of methoxy groups -OCH3 is 1. The molecular formula is C11H10N4O5S. The average Bonchev–Trinajstić information content (AvgIpc) is 2.92. The van der Waals surface area contributed by atoms with E-state index in [4.69, 9.17) is 9.84 Å². The second-order valence-electron chi connectivity index (χ2n) is 3.76. The maximum atomic E-state index is 11.0. The lowest BCUT2D eigenvalue weighted by Gasteiger charge is -2.05. The number of aromatic nitrogens is 3. The fourth-order valence-electron chi connectivity index (χ4n) is 1.63. The van der Waals surface area contributed by atoms with Crippen molar-refractivity contribution < 1.29 is 19.6 Å². The first-order chi connectivity index (χ1) is 10.0. The second-order valence-corrected chi connectivity index (χ2v) is 4.71. The van der Waals surface area contributed by atoms with Crippen molar-refractivity contribution in [2.24, 2.45) is 0 Å². The highest BCUT2D eigenvalue weighted by Gasteiger charge is 2.21. The van der Waals surface area contributed by atoms with E-state index >= 15 is 0 Å². The van der Waals surface area contributed by atoms with Crippen LogP contribution in [0.2, 0.25) is 0 Å². The van der Waals surface area contributed by atoms with Gasteiger partial charge in [-0.15, -0.1) is 5.10 Å². The molecule has 0 spiro atoms. The van der Waals surface area contributed by atoms with E-state index in [0.717, 1.165) is 11.8 Å². The Morgan fingerprint density at radius 2 is 2.33 bits per heavy atom. The van der Waals surface area contributed by atoms with E-state index in [1.54, 1.807) is 6.07 Å². The van der Waals surface area contributed by atoms with Crippen molar-refractivity contribution in [2.45, 2.75) is 5.16 Å². The van der Waals surface area contributed by atoms with Crippen LogP contribution in [0.25, 0.3) is 11.4 Å². The number of thioether (sulfide) groups is 1. The van der Waals surface area contributed by atoms with E-state index in [0.29, 0.717) is 5.56 Å². The van der Waals surface area contributed by atoms with Gasteiger partial charge in [0, 0.05) is 6.07 Å². The molecule has 0 saturated carbocycles. The van der Waals surface area contributed by atoms with Crippen molar-refractivity contribution in [3.63, 3.8) is 0 Å². The molecule has 0 aliphatic rings. The van der Waals surface area contributed by atoms with Gasteiger partial charge in [0.05, 0.1) is 23.3 Å². The van der Waals surface area contributed by atoms with Gasteiger partial charge in [-0.3, -0.25) is 20.0 Å². The van der Waals surface area contributed by atoms with Crippen LogP contribution < -0.4 is 4.74 Å². The molecule has 110 valence electrons. The van der Waals surface area contributed by atoms with Crippen molar-refractivity contribution >= 4 is 23.4 Å². The van der Waals surface area contributed by atoms with Crippen molar-refractivity contribution in [2.75, 3.05) is 12.9 Å². The number of hydrogen-bond donors (Lipinski definition) is 2. The molecule has 10 heteroatoms. The Labute approximate surface area is 122 Å². The molecule has 2 rings (SSSR count). The van der Waals surface area contributed by atoms with E-state index in [1.807, 2.05) is 0 Å². The van der Waals surface area contributed by atoms with Crippen LogP contribution in [-0.4, -0.2) is 44.0 Å². The zero-order valence-electron chi connectivity index (χ0n) is 10.8. The van der Waals surface area contributed by atoms with Crippen LogP contribution in [-0.2, 0) is 4.79 Å². The number of nitrogens with zero attached hydrogens (tertiary/aromatic N) is 3. The molecular weight excluding hydrogens is 300 g/mol. The average molecular weight is 310 g/mol. The van der Waals surface area contributed by atoms with E-state index < -0.39 is 10.9 Å². The first-order valence-electron chi connectivity index (χ1n) is 5.61. The van der Waals surface area contributed by atoms with Crippen molar-refractivity contribution in [1.29, 1.82) is 0 Å². The van der Waals surface area contributed by atoms with Gasteiger partial charge in [0.15, 0.2) is 5.82 Å². The highest BCUT2D eigenvalue weighted by molar-refractivity contribution is 7.99. The van der Waals surface area contributed by atoms with Crippen LogP contribution in [0.5, 0.6) is 5.75 Å². The Hall–Kier alpha value is -2.62. The van der Waals surface area contributed by atoms with Gasteiger partial charge in [0.25, 0.3) is 0 Å². The molecule has 9 nitrogen and oxygen atoms in total. The molecule has 0 saturated heterocycles. The zero-order valence-corrected chi connectivity index (χ0v) is 11.6. The number of H-pyrrole nitrogens is 1. The molecule has 0 aliphatic heterocycles.